The number of halogens is 4. The maximum absolute atomic E-state index is 12.5. The molecule has 0 aliphatic heterocycles. The molecule has 0 aromatic heterocycles. The van der Waals surface area contributed by atoms with Crippen LogP contribution in [-0.2, 0) is 6.18 Å². The van der Waals surface area contributed by atoms with Crippen molar-refractivity contribution in [2.75, 3.05) is 4.43 Å². The number of rotatable bonds is 3. The van der Waals surface area contributed by atoms with Gasteiger partial charge in [0.25, 0.3) is 0 Å². The summed E-state index contributed by atoms with van der Waals surface area (Å²) in [6.45, 7) is 0. The summed E-state index contributed by atoms with van der Waals surface area (Å²) in [6, 6.07) is 11.8. The summed E-state index contributed by atoms with van der Waals surface area (Å²) in [5.74, 6) is -0.0407. The zero-order chi connectivity index (χ0) is 14.8. The molecule has 0 bridgehead atoms. The van der Waals surface area contributed by atoms with Crippen LogP contribution in [0.1, 0.15) is 15.9 Å². The van der Waals surface area contributed by atoms with Gasteiger partial charge in [0, 0.05) is 5.56 Å². The summed E-state index contributed by atoms with van der Waals surface area (Å²) in [6.07, 6.45) is -4.35. The first-order chi connectivity index (χ1) is 9.43. The van der Waals surface area contributed by atoms with Crippen molar-refractivity contribution in [2.24, 2.45) is 0 Å². The molecule has 104 valence electrons. The lowest BCUT2D eigenvalue weighted by Crippen LogP contribution is -2.05. The Labute approximate surface area is 128 Å². The Morgan fingerprint density at radius 3 is 2.15 bits per heavy atom. The van der Waals surface area contributed by atoms with Crippen LogP contribution in [0.5, 0.6) is 0 Å². The molecule has 20 heavy (non-hydrogen) atoms. The summed E-state index contributed by atoms with van der Waals surface area (Å²) in [4.78, 5) is 11.8. The van der Waals surface area contributed by atoms with Crippen molar-refractivity contribution in [1.82, 2.24) is 0 Å². The molecule has 0 unspecified atom stereocenters. The molecule has 0 fully saturated rings. The zero-order valence-electron chi connectivity index (χ0n) is 10.2. The minimum Gasteiger partial charge on any atom is -0.293 e. The SMILES string of the molecule is O=C(CI)c1ccccc1-c1ccc(C(F)(F)F)cc1. The molecular weight excluding hydrogens is 380 g/mol. The summed E-state index contributed by atoms with van der Waals surface area (Å²) < 4.78 is 37.9. The first-order valence-electron chi connectivity index (χ1n) is 5.79. The molecule has 0 aliphatic rings. The van der Waals surface area contributed by atoms with E-state index >= 15 is 0 Å². The van der Waals surface area contributed by atoms with E-state index in [1.807, 2.05) is 22.6 Å². The third-order valence-electron chi connectivity index (χ3n) is 2.87. The lowest BCUT2D eigenvalue weighted by molar-refractivity contribution is -0.137. The van der Waals surface area contributed by atoms with Crippen LogP contribution in [0, 0.1) is 0 Å². The van der Waals surface area contributed by atoms with E-state index in [-0.39, 0.29) is 5.78 Å². The molecule has 0 N–H and O–H groups in total. The predicted molar refractivity (Wildman–Crippen MR) is 80.1 cm³/mol. The Kier molecular flexibility index (Phi) is 4.47. The number of hydrogen-bond donors (Lipinski definition) is 0. The second-order valence-corrected chi connectivity index (χ2v) is 4.94. The molecule has 0 heterocycles. The van der Waals surface area contributed by atoms with Gasteiger partial charge in [-0.2, -0.15) is 13.2 Å². The van der Waals surface area contributed by atoms with E-state index in [0.29, 0.717) is 21.1 Å². The Bertz CT molecular complexity index is 618. The molecule has 5 heteroatoms. The molecular formula is C15H10F3IO. The molecule has 0 atom stereocenters. The number of ketones is 1. The first kappa shape index (κ1) is 15.0. The van der Waals surface area contributed by atoms with Gasteiger partial charge in [0.05, 0.1) is 9.99 Å². The van der Waals surface area contributed by atoms with E-state index < -0.39 is 11.7 Å². The predicted octanol–water partition coefficient (Wildman–Crippen LogP) is 4.99. The minimum atomic E-state index is -4.35. The molecule has 0 aliphatic carbocycles. The van der Waals surface area contributed by atoms with Gasteiger partial charge in [-0.3, -0.25) is 4.79 Å². The van der Waals surface area contributed by atoms with Gasteiger partial charge >= 0.3 is 6.18 Å². The lowest BCUT2D eigenvalue weighted by atomic mass is 9.97. The second-order valence-electron chi connectivity index (χ2n) is 4.18. The van der Waals surface area contributed by atoms with Crippen LogP contribution < -0.4 is 0 Å². The van der Waals surface area contributed by atoms with E-state index in [1.165, 1.54) is 12.1 Å². The van der Waals surface area contributed by atoms with Gasteiger partial charge in [0.15, 0.2) is 5.78 Å². The normalized spacial score (nSPS) is 11.4. The van der Waals surface area contributed by atoms with Gasteiger partial charge in [0.2, 0.25) is 0 Å². The monoisotopic (exact) mass is 390 g/mol. The fraction of sp³-hybridized carbons (Fsp3) is 0.133. The third-order valence-corrected chi connectivity index (χ3v) is 3.56. The van der Waals surface area contributed by atoms with Crippen LogP contribution >= 0.6 is 22.6 Å². The van der Waals surface area contributed by atoms with Crippen molar-refractivity contribution in [2.45, 2.75) is 6.18 Å². The average molecular weight is 390 g/mol. The molecule has 0 saturated carbocycles. The highest BCUT2D eigenvalue weighted by Crippen LogP contribution is 2.32. The molecule has 0 spiro atoms. The molecule has 2 rings (SSSR count). The highest BCUT2D eigenvalue weighted by molar-refractivity contribution is 14.1. The van der Waals surface area contributed by atoms with Crippen LogP contribution in [-0.4, -0.2) is 10.2 Å². The van der Waals surface area contributed by atoms with Crippen LogP contribution in [0.4, 0.5) is 13.2 Å². The van der Waals surface area contributed by atoms with E-state index in [2.05, 4.69) is 0 Å². The van der Waals surface area contributed by atoms with E-state index in [1.54, 1.807) is 24.3 Å². The highest BCUT2D eigenvalue weighted by Gasteiger charge is 2.30. The van der Waals surface area contributed by atoms with E-state index in [4.69, 9.17) is 0 Å². The zero-order valence-corrected chi connectivity index (χ0v) is 12.4. The smallest absolute Gasteiger partial charge is 0.293 e. The first-order valence-corrected chi connectivity index (χ1v) is 7.32. The van der Waals surface area contributed by atoms with Crippen molar-refractivity contribution in [3.8, 4) is 11.1 Å². The molecule has 0 radical (unpaired) electrons. The summed E-state index contributed by atoms with van der Waals surface area (Å²) in [7, 11) is 0. The fourth-order valence-corrected chi connectivity index (χ4v) is 2.30. The Hall–Kier alpha value is -1.37. The number of carbonyl (C=O) groups is 1. The van der Waals surface area contributed by atoms with Crippen LogP contribution in [0.2, 0.25) is 0 Å². The molecule has 2 aromatic carbocycles. The van der Waals surface area contributed by atoms with Gasteiger partial charge in [-0.05, 0) is 23.3 Å². The van der Waals surface area contributed by atoms with Crippen molar-refractivity contribution < 1.29 is 18.0 Å². The number of benzene rings is 2. The van der Waals surface area contributed by atoms with E-state index in [9.17, 15) is 18.0 Å². The van der Waals surface area contributed by atoms with Gasteiger partial charge in [-0.1, -0.05) is 59.0 Å². The standard InChI is InChI=1S/C15H10F3IO/c16-15(17,18)11-7-5-10(6-8-11)12-3-1-2-4-13(12)14(20)9-19/h1-8H,9H2. The van der Waals surface area contributed by atoms with Crippen LogP contribution in [0.15, 0.2) is 48.5 Å². The van der Waals surface area contributed by atoms with Crippen molar-refractivity contribution >= 4 is 28.4 Å². The number of carbonyl (C=O) groups excluding carboxylic acids is 1. The van der Waals surface area contributed by atoms with Gasteiger partial charge in [0.1, 0.15) is 0 Å². The third kappa shape index (κ3) is 3.20. The molecule has 2 aromatic rings. The number of hydrogen-bond acceptors (Lipinski definition) is 1. The van der Waals surface area contributed by atoms with Gasteiger partial charge in [-0.25, -0.2) is 0 Å². The van der Waals surface area contributed by atoms with Crippen LogP contribution in [0.3, 0.4) is 0 Å². The van der Waals surface area contributed by atoms with E-state index in [0.717, 1.165) is 12.1 Å². The Morgan fingerprint density at radius 2 is 1.60 bits per heavy atom. The van der Waals surface area contributed by atoms with Gasteiger partial charge in [-0.15, -0.1) is 0 Å². The Balaban J connectivity index is 2.45. The van der Waals surface area contributed by atoms with Crippen molar-refractivity contribution in [3.05, 3.63) is 59.7 Å². The number of Topliss-reactive ketones (excluding diaryl/α,β-unsaturated/α-hetero) is 1. The molecule has 0 amide bonds. The lowest BCUT2D eigenvalue weighted by Gasteiger charge is -2.10. The number of alkyl halides is 4. The average Bonchev–Trinajstić information content (AvgIpc) is 2.45. The molecule has 1 nitrogen and oxygen atoms in total. The quantitative estimate of drug-likeness (QED) is 0.410. The topological polar surface area (TPSA) is 17.1 Å². The summed E-state index contributed by atoms with van der Waals surface area (Å²) in [5.41, 5.74) is 1.09. The maximum atomic E-state index is 12.5. The van der Waals surface area contributed by atoms with Gasteiger partial charge < -0.3 is 0 Å². The summed E-state index contributed by atoms with van der Waals surface area (Å²) in [5, 5.41) is 0. The molecule has 0 saturated heterocycles. The maximum Gasteiger partial charge on any atom is 0.416 e. The van der Waals surface area contributed by atoms with Crippen molar-refractivity contribution in [1.29, 1.82) is 0 Å². The second kappa shape index (κ2) is 5.95. The summed E-state index contributed by atoms with van der Waals surface area (Å²) >= 11 is 1.97. The van der Waals surface area contributed by atoms with Crippen LogP contribution in [0.25, 0.3) is 11.1 Å². The largest absolute Gasteiger partial charge is 0.416 e. The Morgan fingerprint density at radius 1 is 1.00 bits per heavy atom. The minimum absolute atomic E-state index is 0.0407. The highest BCUT2D eigenvalue weighted by atomic mass is 127. The van der Waals surface area contributed by atoms with Crippen molar-refractivity contribution in [3.63, 3.8) is 0 Å². The fourth-order valence-electron chi connectivity index (χ4n) is 1.89.